The Morgan fingerprint density at radius 2 is 1.94 bits per heavy atom. The summed E-state index contributed by atoms with van der Waals surface area (Å²) in [5, 5.41) is 0.375. The van der Waals surface area contributed by atoms with Crippen molar-refractivity contribution < 1.29 is 0 Å². The number of nitrogens with zero attached hydrogens (tertiary/aromatic N) is 2. The number of rotatable bonds is 3. The van der Waals surface area contributed by atoms with Gasteiger partial charge in [0.15, 0.2) is 0 Å². The molecule has 0 aliphatic carbocycles. The van der Waals surface area contributed by atoms with Gasteiger partial charge in [-0.25, -0.2) is 4.98 Å². The molecule has 0 N–H and O–H groups in total. The van der Waals surface area contributed by atoms with E-state index in [2.05, 4.69) is 18.8 Å². The Bertz CT molecular complexity index is 617. The summed E-state index contributed by atoms with van der Waals surface area (Å²) < 4.78 is 1.70. The van der Waals surface area contributed by atoms with Gasteiger partial charge >= 0.3 is 0 Å². The van der Waals surface area contributed by atoms with Gasteiger partial charge in [-0.3, -0.25) is 9.36 Å². The van der Waals surface area contributed by atoms with Crippen LogP contribution in [0.1, 0.15) is 32.0 Å². The van der Waals surface area contributed by atoms with Crippen molar-refractivity contribution in [3.05, 3.63) is 40.4 Å². The van der Waals surface area contributed by atoms with Crippen LogP contribution >= 0.6 is 11.6 Å². The summed E-state index contributed by atoms with van der Waals surface area (Å²) in [6, 6.07) is 7.39. The second-order valence-corrected chi connectivity index (χ2v) is 5.57. The van der Waals surface area contributed by atoms with Crippen molar-refractivity contribution >= 4 is 22.5 Å². The van der Waals surface area contributed by atoms with Crippen LogP contribution in [-0.4, -0.2) is 9.55 Å². The topological polar surface area (TPSA) is 34.9 Å². The molecular weight excluding hydrogens is 248 g/mol. The summed E-state index contributed by atoms with van der Waals surface area (Å²) in [4.78, 5) is 17.0. The molecule has 1 aromatic carbocycles. The monoisotopic (exact) mass is 264 g/mol. The van der Waals surface area contributed by atoms with Gasteiger partial charge in [0, 0.05) is 6.54 Å². The van der Waals surface area contributed by atoms with Crippen LogP contribution in [0.15, 0.2) is 29.1 Å². The number of aromatic nitrogens is 2. The van der Waals surface area contributed by atoms with Gasteiger partial charge in [0.25, 0.3) is 5.56 Å². The maximum Gasteiger partial charge on any atom is 0.261 e. The number of benzene rings is 1. The Balaban J connectivity index is 2.75. The van der Waals surface area contributed by atoms with E-state index in [9.17, 15) is 4.79 Å². The average Bonchev–Trinajstić information content (AvgIpc) is 2.32. The first kappa shape index (κ1) is 13.1. The minimum atomic E-state index is -0.277. The molecule has 0 fully saturated rings. The highest BCUT2D eigenvalue weighted by molar-refractivity contribution is 6.20. The molecule has 4 heteroatoms. The number of hydrogen-bond acceptors (Lipinski definition) is 2. The third-order valence-electron chi connectivity index (χ3n) is 2.79. The molecule has 0 bridgehead atoms. The normalized spacial score (nSPS) is 13.2. The van der Waals surface area contributed by atoms with Gasteiger partial charge < -0.3 is 0 Å². The van der Waals surface area contributed by atoms with E-state index >= 15 is 0 Å². The van der Waals surface area contributed by atoms with Crippen LogP contribution in [-0.2, 0) is 6.54 Å². The predicted octanol–water partition coefficient (Wildman–Crippen LogP) is 3.35. The molecule has 1 heterocycles. The van der Waals surface area contributed by atoms with Crippen LogP contribution in [0, 0.1) is 5.92 Å². The van der Waals surface area contributed by atoms with Crippen molar-refractivity contribution in [2.75, 3.05) is 0 Å². The molecule has 1 aromatic heterocycles. The minimum Gasteiger partial charge on any atom is -0.295 e. The Labute approximate surface area is 111 Å². The molecule has 3 nitrogen and oxygen atoms in total. The highest BCUT2D eigenvalue weighted by Gasteiger charge is 2.15. The van der Waals surface area contributed by atoms with Crippen LogP contribution < -0.4 is 5.56 Å². The predicted molar refractivity (Wildman–Crippen MR) is 75.1 cm³/mol. The van der Waals surface area contributed by atoms with Gasteiger partial charge in [-0.2, -0.15) is 0 Å². The zero-order valence-electron chi connectivity index (χ0n) is 10.9. The smallest absolute Gasteiger partial charge is 0.261 e. The molecule has 96 valence electrons. The summed E-state index contributed by atoms with van der Waals surface area (Å²) in [6.07, 6.45) is 0. The van der Waals surface area contributed by atoms with E-state index in [1.54, 1.807) is 4.57 Å². The molecule has 0 saturated heterocycles. The lowest BCUT2D eigenvalue weighted by Crippen LogP contribution is -2.27. The van der Waals surface area contributed by atoms with Crippen LogP contribution in [0.4, 0.5) is 0 Å². The standard InChI is InChI=1S/C14H17ClN2O/c1-9(2)8-17-13(10(3)15)16-12-7-5-4-6-11(12)14(17)18/h4-7,9-10H,8H2,1-3H3. The van der Waals surface area contributed by atoms with E-state index in [1.165, 1.54) is 0 Å². The lowest BCUT2D eigenvalue weighted by Gasteiger charge is -2.16. The third kappa shape index (κ3) is 2.41. The van der Waals surface area contributed by atoms with E-state index in [1.807, 2.05) is 31.2 Å². The van der Waals surface area contributed by atoms with Crippen LogP contribution in [0.2, 0.25) is 0 Å². The third-order valence-corrected chi connectivity index (χ3v) is 2.99. The molecule has 18 heavy (non-hydrogen) atoms. The summed E-state index contributed by atoms with van der Waals surface area (Å²) >= 11 is 6.14. The molecule has 0 amide bonds. The molecule has 0 aliphatic rings. The highest BCUT2D eigenvalue weighted by Crippen LogP contribution is 2.19. The van der Waals surface area contributed by atoms with Gasteiger partial charge in [-0.1, -0.05) is 26.0 Å². The first-order valence-corrected chi connectivity index (χ1v) is 6.58. The summed E-state index contributed by atoms with van der Waals surface area (Å²) in [6.45, 7) is 6.63. The van der Waals surface area contributed by atoms with E-state index in [4.69, 9.17) is 11.6 Å². The largest absolute Gasteiger partial charge is 0.295 e. The van der Waals surface area contributed by atoms with Gasteiger partial charge in [-0.15, -0.1) is 11.6 Å². The van der Waals surface area contributed by atoms with E-state index in [-0.39, 0.29) is 10.9 Å². The Morgan fingerprint density at radius 1 is 1.28 bits per heavy atom. The maximum absolute atomic E-state index is 12.5. The van der Waals surface area contributed by atoms with Crippen molar-refractivity contribution in [2.24, 2.45) is 5.92 Å². The van der Waals surface area contributed by atoms with Gasteiger partial charge in [0.2, 0.25) is 0 Å². The SMILES string of the molecule is CC(C)Cn1c(C(C)Cl)nc2ccccc2c1=O. The van der Waals surface area contributed by atoms with Crippen LogP contribution in [0.25, 0.3) is 10.9 Å². The van der Waals surface area contributed by atoms with Gasteiger partial charge in [0.1, 0.15) is 5.82 Å². The molecule has 0 spiro atoms. The van der Waals surface area contributed by atoms with Crippen molar-refractivity contribution in [3.63, 3.8) is 0 Å². The number of para-hydroxylation sites is 1. The van der Waals surface area contributed by atoms with E-state index in [0.717, 1.165) is 0 Å². The number of alkyl halides is 1. The quantitative estimate of drug-likeness (QED) is 0.797. The molecular formula is C14H17ClN2O. The second kappa shape index (κ2) is 5.11. The second-order valence-electron chi connectivity index (χ2n) is 4.91. The molecule has 0 saturated carbocycles. The highest BCUT2D eigenvalue weighted by atomic mass is 35.5. The fourth-order valence-corrected chi connectivity index (χ4v) is 2.20. The fourth-order valence-electron chi connectivity index (χ4n) is 2.03. The number of fused-ring (bicyclic) bond motifs is 1. The number of hydrogen-bond donors (Lipinski definition) is 0. The lowest BCUT2D eigenvalue weighted by molar-refractivity contribution is 0.490. The van der Waals surface area contributed by atoms with E-state index < -0.39 is 0 Å². The Kier molecular flexibility index (Phi) is 3.71. The molecule has 0 radical (unpaired) electrons. The fraction of sp³-hybridized carbons (Fsp3) is 0.429. The van der Waals surface area contributed by atoms with Crippen LogP contribution in [0.5, 0.6) is 0 Å². The summed E-state index contributed by atoms with van der Waals surface area (Å²) in [5.74, 6) is 1.02. The van der Waals surface area contributed by atoms with Crippen molar-refractivity contribution in [3.8, 4) is 0 Å². The van der Waals surface area contributed by atoms with Gasteiger partial charge in [-0.05, 0) is 25.0 Å². The molecule has 2 aromatic rings. The van der Waals surface area contributed by atoms with E-state index in [0.29, 0.717) is 29.2 Å². The zero-order valence-corrected chi connectivity index (χ0v) is 11.6. The molecule has 1 atom stereocenters. The maximum atomic E-state index is 12.5. The number of halogens is 1. The molecule has 0 aliphatic heterocycles. The first-order valence-electron chi connectivity index (χ1n) is 6.14. The lowest BCUT2D eigenvalue weighted by atomic mass is 10.2. The molecule has 1 unspecified atom stereocenters. The van der Waals surface area contributed by atoms with Gasteiger partial charge in [0.05, 0.1) is 16.3 Å². The van der Waals surface area contributed by atoms with Crippen LogP contribution in [0.3, 0.4) is 0 Å². The Hall–Kier alpha value is -1.35. The Morgan fingerprint density at radius 3 is 2.56 bits per heavy atom. The van der Waals surface area contributed by atoms with Crippen molar-refractivity contribution in [1.82, 2.24) is 9.55 Å². The minimum absolute atomic E-state index is 0.00296. The molecule has 2 rings (SSSR count). The first-order chi connectivity index (χ1) is 8.50. The average molecular weight is 265 g/mol. The van der Waals surface area contributed by atoms with Crippen molar-refractivity contribution in [2.45, 2.75) is 32.7 Å². The van der Waals surface area contributed by atoms with Crippen molar-refractivity contribution in [1.29, 1.82) is 0 Å². The summed E-state index contributed by atoms with van der Waals surface area (Å²) in [5.41, 5.74) is 0.710. The zero-order chi connectivity index (χ0) is 13.3. The summed E-state index contributed by atoms with van der Waals surface area (Å²) in [7, 11) is 0.